The quantitative estimate of drug-likeness (QED) is 0.730. The van der Waals surface area contributed by atoms with Gasteiger partial charge in [-0.1, -0.05) is 13.8 Å². The fourth-order valence-electron chi connectivity index (χ4n) is 1.28. The summed E-state index contributed by atoms with van der Waals surface area (Å²) in [5, 5.41) is 9.71. The maximum absolute atomic E-state index is 9.71. The van der Waals surface area contributed by atoms with Gasteiger partial charge >= 0.3 is 0 Å². The van der Waals surface area contributed by atoms with Crippen LogP contribution in [0.15, 0.2) is 12.1 Å². The summed E-state index contributed by atoms with van der Waals surface area (Å²) in [6.07, 6.45) is 1.76. The number of nitrogens with two attached hydrogens (primary N) is 1. The molecule has 0 amide bonds. The molecule has 0 bridgehead atoms. The molecule has 1 rings (SSSR count). The molecule has 0 aliphatic rings. The Bertz CT molecular complexity index is 339. The average Bonchev–Trinajstić information content (AvgIpc) is 2.24. The van der Waals surface area contributed by atoms with Gasteiger partial charge in [0.05, 0.1) is 13.2 Å². The lowest BCUT2D eigenvalue weighted by Gasteiger charge is -2.14. The predicted molar refractivity (Wildman–Crippen MR) is 64.1 cm³/mol. The number of phenols is 1. The van der Waals surface area contributed by atoms with Crippen molar-refractivity contribution >= 4 is 5.69 Å². The Balaban J connectivity index is 2.91. The smallest absolute Gasteiger partial charge is 0.203 e. The van der Waals surface area contributed by atoms with E-state index in [1.165, 1.54) is 6.07 Å². The zero-order chi connectivity index (χ0) is 12.0. The van der Waals surface area contributed by atoms with E-state index in [1.807, 2.05) is 13.8 Å². The molecule has 3 N–H and O–H groups in total. The molecule has 0 saturated carbocycles. The van der Waals surface area contributed by atoms with Crippen LogP contribution >= 0.6 is 0 Å². The highest BCUT2D eigenvalue weighted by atomic mass is 16.5. The van der Waals surface area contributed by atoms with Crippen molar-refractivity contribution in [2.45, 2.75) is 26.7 Å². The van der Waals surface area contributed by atoms with Gasteiger partial charge in [0.25, 0.3) is 0 Å². The number of hydrogen-bond acceptors (Lipinski definition) is 4. The van der Waals surface area contributed by atoms with E-state index in [0.29, 0.717) is 30.4 Å². The average molecular weight is 225 g/mol. The Hall–Kier alpha value is -1.58. The molecular formula is C12H19NO3. The van der Waals surface area contributed by atoms with Crippen LogP contribution < -0.4 is 15.2 Å². The minimum absolute atomic E-state index is 0.0274. The third kappa shape index (κ3) is 3.22. The van der Waals surface area contributed by atoms with Gasteiger partial charge in [-0.25, -0.2) is 0 Å². The molecule has 0 fully saturated rings. The number of ether oxygens (including phenoxy) is 2. The highest BCUT2D eigenvalue weighted by Crippen LogP contribution is 2.39. The number of hydrogen-bond donors (Lipinski definition) is 2. The molecule has 0 radical (unpaired) electrons. The van der Waals surface area contributed by atoms with E-state index in [9.17, 15) is 5.11 Å². The summed E-state index contributed by atoms with van der Waals surface area (Å²) in [4.78, 5) is 0. The van der Waals surface area contributed by atoms with Gasteiger partial charge in [0.15, 0.2) is 11.5 Å². The normalized spacial score (nSPS) is 10.1. The van der Waals surface area contributed by atoms with Crippen LogP contribution in [0, 0.1) is 0 Å². The molecule has 90 valence electrons. The summed E-state index contributed by atoms with van der Waals surface area (Å²) in [5.41, 5.74) is 6.10. The molecule has 0 saturated heterocycles. The van der Waals surface area contributed by atoms with E-state index >= 15 is 0 Å². The van der Waals surface area contributed by atoms with Gasteiger partial charge in [0.2, 0.25) is 5.75 Å². The van der Waals surface area contributed by atoms with Gasteiger partial charge < -0.3 is 20.3 Å². The van der Waals surface area contributed by atoms with Crippen LogP contribution in [0.4, 0.5) is 5.69 Å². The second kappa shape index (κ2) is 6.10. The lowest BCUT2D eigenvalue weighted by Crippen LogP contribution is -2.02. The van der Waals surface area contributed by atoms with E-state index in [1.54, 1.807) is 6.07 Å². The van der Waals surface area contributed by atoms with Crippen LogP contribution in [0.1, 0.15) is 26.7 Å². The third-order valence-corrected chi connectivity index (χ3v) is 1.97. The largest absolute Gasteiger partial charge is 0.504 e. The number of rotatable bonds is 6. The fourth-order valence-corrected chi connectivity index (χ4v) is 1.28. The van der Waals surface area contributed by atoms with Crippen molar-refractivity contribution in [2.75, 3.05) is 18.9 Å². The predicted octanol–water partition coefficient (Wildman–Crippen LogP) is 2.55. The number of phenolic OH excluding ortho intramolecular Hbond substituents is 1. The molecule has 4 heteroatoms. The third-order valence-electron chi connectivity index (χ3n) is 1.97. The highest BCUT2D eigenvalue weighted by Gasteiger charge is 2.12. The molecule has 0 spiro atoms. The number of aromatic hydroxyl groups is 1. The van der Waals surface area contributed by atoms with Crippen molar-refractivity contribution in [2.24, 2.45) is 0 Å². The van der Waals surface area contributed by atoms with E-state index in [2.05, 4.69) is 0 Å². The Labute approximate surface area is 96.0 Å². The van der Waals surface area contributed by atoms with E-state index in [-0.39, 0.29) is 5.75 Å². The van der Waals surface area contributed by atoms with Crippen molar-refractivity contribution in [3.8, 4) is 17.2 Å². The first-order valence-corrected chi connectivity index (χ1v) is 5.57. The monoisotopic (exact) mass is 225 g/mol. The summed E-state index contributed by atoms with van der Waals surface area (Å²) in [6.45, 7) is 5.13. The van der Waals surface area contributed by atoms with Gasteiger partial charge in [0.1, 0.15) is 0 Å². The molecule has 0 aliphatic heterocycles. The van der Waals surface area contributed by atoms with Crippen LogP contribution in [0.3, 0.4) is 0 Å². The Morgan fingerprint density at radius 3 is 2.38 bits per heavy atom. The SMILES string of the molecule is CCCOc1cc(N)cc(O)c1OCCC. The van der Waals surface area contributed by atoms with Crippen molar-refractivity contribution < 1.29 is 14.6 Å². The first-order valence-electron chi connectivity index (χ1n) is 5.57. The molecular weight excluding hydrogens is 206 g/mol. The van der Waals surface area contributed by atoms with E-state index in [0.717, 1.165) is 12.8 Å². The van der Waals surface area contributed by atoms with E-state index < -0.39 is 0 Å². The van der Waals surface area contributed by atoms with E-state index in [4.69, 9.17) is 15.2 Å². The van der Waals surface area contributed by atoms with Crippen LogP contribution in [0.2, 0.25) is 0 Å². The lowest BCUT2D eigenvalue weighted by molar-refractivity contribution is 0.258. The molecule has 0 atom stereocenters. The maximum atomic E-state index is 9.71. The standard InChI is InChI=1S/C12H19NO3/c1-3-5-15-11-8-9(13)7-10(14)12(11)16-6-4-2/h7-8,14H,3-6,13H2,1-2H3. The minimum atomic E-state index is 0.0274. The summed E-state index contributed by atoms with van der Waals surface area (Å²) < 4.78 is 10.9. The molecule has 16 heavy (non-hydrogen) atoms. The van der Waals surface area contributed by atoms with Crippen molar-refractivity contribution in [1.29, 1.82) is 0 Å². The Morgan fingerprint density at radius 2 is 1.75 bits per heavy atom. The van der Waals surface area contributed by atoms with Crippen LogP contribution in [0.5, 0.6) is 17.2 Å². The van der Waals surface area contributed by atoms with Crippen molar-refractivity contribution in [3.63, 3.8) is 0 Å². The molecule has 0 heterocycles. The molecule has 1 aromatic carbocycles. The highest BCUT2D eigenvalue weighted by molar-refractivity contribution is 5.60. The summed E-state index contributed by atoms with van der Waals surface area (Å²) in [6, 6.07) is 3.13. The molecule has 0 unspecified atom stereocenters. The zero-order valence-electron chi connectivity index (χ0n) is 9.82. The lowest BCUT2D eigenvalue weighted by atomic mass is 10.2. The van der Waals surface area contributed by atoms with Gasteiger partial charge in [-0.05, 0) is 12.8 Å². The van der Waals surface area contributed by atoms with Crippen LogP contribution in [0.25, 0.3) is 0 Å². The maximum Gasteiger partial charge on any atom is 0.203 e. The number of nitrogen functional groups attached to an aromatic ring is 1. The van der Waals surface area contributed by atoms with Crippen molar-refractivity contribution in [1.82, 2.24) is 0 Å². The second-order valence-corrected chi connectivity index (χ2v) is 3.56. The van der Waals surface area contributed by atoms with Crippen LogP contribution in [-0.4, -0.2) is 18.3 Å². The summed E-state index contributed by atoms with van der Waals surface area (Å²) in [5.74, 6) is 0.914. The molecule has 0 aliphatic carbocycles. The minimum Gasteiger partial charge on any atom is -0.504 e. The zero-order valence-corrected chi connectivity index (χ0v) is 9.82. The Kier molecular flexibility index (Phi) is 4.76. The van der Waals surface area contributed by atoms with Gasteiger partial charge in [-0.3, -0.25) is 0 Å². The van der Waals surface area contributed by atoms with Gasteiger partial charge in [0, 0.05) is 17.8 Å². The van der Waals surface area contributed by atoms with Crippen molar-refractivity contribution in [3.05, 3.63) is 12.1 Å². The topological polar surface area (TPSA) is 64.7 Å². The summed E-state index contributed by atoms with van der Waals surface area (Å²) in [7, 11) is 0. The Morgan fingerprint density at radius 1 is 1.12 bits per heavy atom. The molecule has 1 aromatic rings. The number of anilines is 1. The second-order valence-electron chi connectivity index (χ2n) is 3.56. The summed E-state index contributed by atoms with van der Waals surface area (Å²) >= 11 is 0. The van der Waals surface area contributed by atoms with Gasteiger partial charge in [-0.2, -0.15) is 0 Å². The first kappa shape index (κ1) is 12.5. The number of benzene rings is 1. The van der Waals surface area contributed by atoms with Crippen LogP contribution in [-0.2, 0) is 0 Å². The molecule has 0 aromatic heterocycles. The first-order chi connectivity index (χ1) is 7.69. The van der Waals surface area contributed by atoms with Gasteiger partial charge in [-0.15, -0.1) is 0 Å². The molecule has 4 nitrogen and oxygen atoms in total. The fraction of sp³-hybridized carbons (Fsp3) is 0.500.